The fraction of sp³-hybridized carbons (Fsp3) is 0.455. The molecule has 0 aliphatic heterocycles. The van der Waals surface area contributed by atoms with Gasteiger partial charge in [0.25, 0.3) is 5.56 Å². The highest BCUT2D eigenvalue weighted by atomic mass is 127. The normalized spacial score (nSPS) is 10.9. The fourth-order valence-corrected chi connectivity index (χ4v) is 3.00. The number of aryl methyl sites for hydroxylation is 1. The Labute approximate surface area is 195 Å². The highest BCUT2D eigenvalue weighted by Gasteiger charge is 2.05. The van der Waals surface area contributed by atoms with E-state index in [0.717, 1.165) is 61.2 Å². The summed E-state index contributed by atoms with van der Waals surface area (Å²) in [4.78, 5) is 16.6. The quantitative estimate of drug-likeness (QED) is 0.214. The molecule has 7 nitrogen and oxygen atoms in total. The van der Waals surface area contributed by atoms with Crippen LogP contribution in [0.4, 0.5) is 0 Å². The van der Waals surface area contributed by atoms with Gasteiger partial charge in [0.15, 0.2) is 5.96 Å². The van der Waals surface area contributed by atoms with Crippen LogP contribution < -0.4 is 25.7 Å². The van der Waals surface area contributed by atoms with Crippen LogP contribution in [0.1, 0.15) is 31.0 Å². The van der Waals surface area contributed by atoms with Gasteiger partial charge in [0, 0.05) is 43.0 Å². The highest BCUT2D eigenvalue weighted by molar-refractivity contribution is 14.0. The van der Waals surface area contributed by atoms with E-state index in [1.807, 2.05) is 42.7 Å². The molecule has 1 aromatic heterocycles. The molecule has 0 radical (unpaired) electrons. The molecule has 0 fully saturated rings. The van der Waals surface area contributed by atoms with Crippen molar-refractivity contribution in [2.45, 2.75) is 39.8 Å². The lowest BCUT2D eigenvalue weighted by Crippen LogP contribution is -2.37. The van der Waals surface area contributed by atoms with Crippen LogP contribution in [0.25, 0.3) is 0 Å². The summed E-state index contributed by atoms with van der Waals surface area (Å²) in [7, 11) is 3.28. The molecule has 30 heavy (non-hydrogen) atoms. The molecule has 0 saturated heterocycles. The Morgan fingerprint density at radius 1 is 1.10 bits per heavy atom. The predicted octanol–water partition coefficient (Wildman–Crippen LogP) is 3.33. The maximum atomic E-state index is 11.9. The van der Waals surface area contributed by atoms with E-state index in [4.69, 9.17) is 9.47 Å². The number of halogens is 1. The van der Waals surface area contributed by atoms with Crippen molar-refractivity contribution < 1.29 is 9.47 Å². The molecular weight excluding hydrogens is 495 g/mol. The van der Waals surface area contributed by atoms with Crippen LogP contribution >= 0.6 is 24.0 Å². The molecule has 166 valence electrons. The largest absolute Gasteiger partial charge is 0.497 e. The van der Waals surface area contributed by atoms with E-state index < -0.39 is 0 Å². The molecule has 0 bridgehead atoms. The number of ether oxygens (including phenoxy) is 2. The molecule has 2 aromatic rings. The maximum absolute atomic E-state index is 11.9. The third-order valence-corrected chi connectivity index (χ3v) is 4.61. The summed E-state index contributed by atoms with van der Waals surface area (Å²) in [5, 5.41) is 6.61. The van der Waals surface area contributed by atoms with Crippen molar-refractivity contribution in [3.05, 3.63) is 58.0 Å². The van der Waals surface area contributed by atoms with Crippen molar-refractivity contribution in [1.82, 2.24) is 15.2 Å². The molecule has 0 spiro atoms. The second kappa shape index (κ2) is 13.9. The third-order valence-electron chi connectivity index (χ3n) is 4.61. The Morgan fingerprint density at radius 3 is 2.57 bits per heavy atom. The molecular formula is C22H33IN4O3. The molecule has 0 atom stereocenters. The molecule has 0 unspecified atom stereocenters. The average Bonchev–Trinajstić information content (AvgIpc) is 2.73. The summed E-state index contributed by atoms with van der Waals surface area (Å²) < 4.78 is 12.5. The van der Waals surface area contributed by atoms with Crippen molar-refractivity contribution >= 4 is 29.9 Å². The van der Waals surface area contributed by atoms with Crippen molar-refractivity contribution in [3.8, 4) is 11.5 Å². The first-order valence-corrected chi connectivity index (χ1v) is 9.98. The minimum Gasteiger partial charge on any atom is -0.497 e. The van der Waals surface area contributed by atoms with E-state index in [2.05, 4.69) is 15.6 Å². The van der Waals surface area contributed by atoms with Gasteiger partial charge in [-0.2, -0.15) is 0 Å². The minimum absolute atomic E-state index is 0. The summed E-state index contributed by atoms with van der Waals surface area (Å²) in [5.41, 5.74) is 2.04. The number of pyridine rings is 1. The number of methoxy groups -OCH3 is 2. The number of aromatic nitrogens is 1. The number of guanidine groups is 1. The van der Waals surface area contributed by atoms with Crippen molar-refractivity contribution in [2.24, 2.45) is 4.99 Å². The molecule has 2 N–H and O–H groups in total. The molecule has 0 saturated carbocycles. The zero-order valence-electron chi connectivity index (χ0n) is 18.2. The zero-order valence-corrected chi connectivity index (χ0v) is 20.6. The number of nitrogens with zero attached hydrogens (tertiary/aromatic N) is 2. The first-order chi connectivity index (χ1) is 14.1. The van der Waals surface area contributed by atoms with Crippen molar-refractivity contribution in [3.63, 3.8) is 0 Å². The van der Waals surface area contributed by atoms with Gasteiger partial charge in [-0.1, -0.05) is 6.07 Å². The second-order valence-corrected chi connectivity index (χ2v) is 6.66. The fourth-order valence-electron chi connectivity index (χ4n) is 3.00. The number of hydrogen-bond acceptors (Lipinski definition) is 4. The van der Waals surface area contributed by atoms with Crippen LogP contribution in [0.5, 0.6) is 11.5 Å². The number of rotatable bonds is 10. The zero-order chi connectivity index (χ0) is 21.1. The molecule has 0 aliphatic rings. The van der Waals surface area contributed by atoms with Crippen LogP contribution in [0.15, 0.2) is 46.2 Å². The van der Waals surface area contributed by atoms with Crippen LogP contribution in [0.2, 0.25) is 0 Å². The first-order valence-electron chi connectivity index (χ1n) is 9.98. The third kappa shape index (κ3) is 7.89. The van der Waals surface area contributed by atoms with Gasteiger partial charge in [0.1, 0.15) is 11.5 Å². The monoisotopic (exact) mass is 528 g/mol. The Balaban J connectivity index is 0.00000450. The number of benzene rings is 1. The SMILES string of the molecule is CCNC(=NCc1ccc(OC)cc1OC)NCCCCn1c(C)cccc1=O.I. The predicted molar refractivity (Wildman–Crippen MR) is 132 cm³/mol. The van der Waals surface area contributed by atoms with Crippen LogP contribution in [-0.2, 0) is 13.1 Å². The van der Waals surface area contributed by atoms with Gasteiger partial charge in [-0.3, -0.25) is 4.79 Å². The summed E-state index contributed by atoms with van der Waals surface area (Å²) in [5.74, 6) is 2.28. The van der Waals surface area contributed by atoms with Gasteiger partial charge in [0.2, 0.25) is 0 Å². The number of aliphatic imine (C=N–C) groups is 1. The molecule has 1 heterocycles. The molecule has 8 heteroatoms. The average molecular weight is 528 g/mol. The van der Waals surface area contributed by atoms with Crippen LogP contribution in [-0.4, -0.2) is 37.8 Å². The minimum atomic E-state index is 0. The second-order valence-electron chi connectivity index (χ2n) is 6.66. The number of nitrogens with one attached hydrogen (secondary N) is 2. The smallest absolute Gasteiger partial charge is 0.250 e. The van der Waals surface area contributed by atoms with Gasteiger partial charge in [-0.15, -0.1) is 24.0 Å². The Kier molecular flexibility index (Phi) is 12.0. The van der Waals surface area contributed by atoms with E-state index in [1.54, 1.807) is 26.4 Å². The van der Waals surface area contributed by atoms with Crippen LogP contribution in [0, 0.1) is 6.92 Å². The van der Waals surface area contributed by atoms with Gasteiger partial charge in [0.05, 0.1) is 20.8 Å². The van der Waals surface area contributed by atoms with E-state index in [9.17, 15) is 4.79 Å². The summed E-state index contributed by atoms with van der Waals surface area (Å²) >= 11 is 0. The summed E-state index contributed by atoms with van der Waals surface area (Å²) in [6, 6.07) is 11.1. The number of hydrogen-bond donors (Lipinski definition) is 2. The first kappa shape index (κ1) is 25.8. The highest BCUT2D eigenvalue weighted by Crippen LogP contribution is 2.25. The number of unbranched alkanes of at least 4 members (excludes halogenated alkanes) is 1. The van der Waals surface area contributed by atoms with Gasteiger partial charge >= 0.3 is 0 Å². The Morgan fingerprint density at radius 2 is 1.90 bits per heavy atom. The Hall–Kier alpha value is -2.23. The molecule has 1 aromatic carbocycles. The van der Waals surface area contributed by atoms with E-state index in [0.29, 0.717) is 6.54 Å². The lowest BCUT2D eigenvalue weighted by atomic mass is 10.2. The van der Waals surface area contributed by atoms with Gasteiger partial charge in [-0.05, 0) is 44.9 Å². The van der Waals surface area contributed by atoms with E-state index >= 15 is 0 Å². The van der Waals surface area contributed by atoms with E-state index in [-0.39, 0.29) is 29.5 Å². The van der Waals surface area contributed by atoms with Crippen molar-refractivity contribution in [1.29, 1.82) is 0 Å². The van der Waals surface area contributed by atoms with Gasteiger partial charge in [-0.25, -0.2) is 4.99 Å². The maximum Gasteiger partial charge on any atom is 0.250 e. The molecule has 2 rings (SSSR count). The van der Waals surface area contributed by atoms with Crippen LogP contribution in [0.3, 0.4) is 0 Å². The molecule has 0 aliphatic carbocycles. The topological polar surface area (TPSA) is 76.9 Å². The summed E-state index contributed by atoms with van der Waals surface area (Å²) in [6.07, 6.45) is 1.86. The van der Waals surface area contributed by atoms with E-state index in [1.165, 1.54) is 0 Å². The lowest BCUT2D eigenvalue weighted by molar-refractivity contribution is 0.391. The standard InChI is InChI=1S/C22H32N4O3.HI/c1-5-23-22(25-16-18-11-12-19(28-3)15-20(18)29-4)24-13-6-7-14-26-17(2)9-8-10-21(26)27;/h8-12,15H,5-7,13-14,16H2,1-4H3,(H2,23,24,25);1H. The van der Waals surface area contributed by atoms with Crippen molar-refractivity contribution in [2.75, 3.05) is 27.3 Å². The molecule has 0 amide bonds. The summed E-state index contributed by atoms with van der Waals surface area (Å²) in [6.45, 7) is 6.79. The van der Waals surface area contributed by atoms with Gasteiger partial charge < -0.3 is 24.7 Å². The lowest BCUT2D eigenvalue weighted by Gasteiger charge is -2.13. The Bertz CT molecular complexity index is 868.